The van der Waals surface area contributed by atoms with Gasteiger partial charge >= 0.3 is 17.9 Å². The zero-order valence-electron chi connectivity index (χ0n) is 40.4. The number of nitrogens with zero attached hydrogens (tertiary/aromatic N) is 4. The monoisotopic (exact) mass is 991 g/mol. The van der Waals surface area contributed by atoms with Crippen LogP contribution in [0, 0.1) is 32.6 Å². The highest BCUT2D eigenvalue weighted by Crippen LogP contribution is 2.68. The van der Waals surface area contributed by atoms with Gasteiger partial charge in [-0.2, -0.15) is 0 Å². The van der Waals surface area contributed by atoms with E-state index in [0.717, 1.165) is 46.3 Å². The number of hydrogen-bond acceptors (Lipinski definition) is 16. The van der Waals surface area contributed by atoms with E-state index in [-0.39, 0.29) is 30.0 Å². The summed E-state index contributed by atoms with van der Waals surface area (Å²) < 4.78 is 51.1. The number of esters is 3. The number of aromatic amines is 1. The predicted octanol–water partition coefficient (Wildman–Crippen LogP) is 3.92. The van der Waals surface area contributed by atoms with Crippen molar-refractivity contribution >= 4 is 50.0 Å². The number of likely N-dealkylation sites (N-methyl/N-ethyl adjacent to an activating group) is 1. The summed E-state index contributed by atoms with van der Waals surface area (Å²) in [5.41, 5.74) is -4.42. The molecule has 18 nitrogen and oxygen atoms in total. The van der Waals surface area contributed by atoms with E-state index in [1.54, 1.807) is 7.05 Å². The molecule has 4 aromatic rings. The van der Waals surface area contributed by atoms with Crippen LogP contribution in [0.1, 0.15) is 61.9 Å². The van der Waals surface area contributed by atoms with Gasteiger partial charge in [0.05, 0.1) is 37.2 Å². The summed E-state index contributed by atoms with van der Waals surface area (Å²) in [6.45, 7) is 5.15. The number of fused-ring (bicyclic) bond motifs is 6. The van der Waals surface area contributed by atoms with E-state index in [1.807, 2.05) is 65.3 Å². The molecule has 1 aliphatic carbocycles. The van der Waals surface area contributed by atoms with Gasteiger partial charge in [-0.05, 0) is 85.9 Å². The van der Waals surface area contributed by atoms with E-state index < -0.39 is 84.2 Å². The number of piperidine rings is 1. The van der Waals surface area contributed by atoms with Crippen molar-refractivity contribution in [2.75, 3.05) is 66.0 Å². The smallest absolute Gasteiger partial charge is 0.344 e. The highest BCUT2D eigenvalue weighted by Gasteiger charge is 2.80. The minimum atomic E-state index is -4.34. The van der Waals surface area contributed by atoms with Gasteiger partial charge in [0.2, 0.25) is 15.4 Å². The molecule has 71 heavy (non-hydrogen) atoms. The molecule has 1 saturated carbocycles. The standard InChI is InChI=1S/C52H57N5O13S/c1-7-49-18-10-21-56-23-19-50(43(49)56)37-25-38(41(67-4)26-40(37)54(3)44(50)52(62,47(60)69-6)45(49)70-31(2)58)51(46(59)68-5)28-32-27-48(61,20-24-71(65,66)34-15-13-33(14-16-34)57(63)64)30-55(29-32)22-17-36-35-11-8-9-12-39(35)53-42(36)51/h8-16,18,25-26,32,43-45,53,61-62H,7,17,19,21-23,27-30H2,1-6H3/t32-,43+,44-,45-,48+,49-,50-,51+,52+/m1/s1. The average Bonchev–Trinajstić information content (AvgIpc) is 4.02. The number of H-pyrrole nitrogens is 1. The summed E-state index contributed by atoms with van der Waals surface area (Å²) in [6.07, 6.45) is 3.85. The van der Waals surface area contributed by atoms with Gasteiger partial charge in [0.15, 0.2) is 6.10 Å². The number of hydrogen-bond donors (Lipinski definition) is 3. The number of carbonyl (C=O) groups is 3. The minimum Gasteiger partial charge on any atom is -0.496 e. The third-order valence-electron chi connectivity index (χ3n) is 16.6. The van der Waals surface area contributed by atoms with Gasteiger partial charge in [-0.15, -0.1) is 0 Å². The van der Waals surface area contributed by atoms with Crippen molar-refractivity contribution in [3.8, 4) is 16.9 Å². The summed E-state index contributed by atoms with van der Waals surface area (Å²) in [7, 11) is 1.48. The fraction of sp³-hybridized carbons (Fsp3) is 0.481. The second-order valence-electron chi connectivity index (χ2n) is 20.1. The van der Waals surface area contributed by atoms with Gasteiger partial charge in [0.1, 0.15) is 16.8 Å². The van der Waals surface area contributed by atoms with Crippen molar-refractivity contribution in [1.29, 1.82) is 0 Å². The fourth-order valence-corrected chi connectivity index (χ4v) is 15.1. The number of nitro groups is 1. The van der Waals surface area contributed by atoms with Crippen molar-refractivity contribution in [2.24, 2.45) is 11.3 Å². The molecule has 1 aromatic heterocycles. The van der Waals surface area contributed by atoms with E-state index in [4.69, 9.17) is 18.9 Å². The molecule has 6 heterocycles. The van der Waals surface area contributed by atoms with Crippen molar-refractivity contribution < 1.29 is 56.9 Å². The second-order valence-corrected chi connectivity index (χ2v) is 21.8. The van der Waals surface area contributed by atoms with Crippen LogP contribution in [-0.4, -0.2) is 147 Å². The molecule has 0 amide bonds. The normalized spacial score (nSPS) is 32.6. The SMILES string of the molecule is CC[C@]12C=CCN3CC[C@@]4(c5cc([C@@]6(C(=O)OC)C[C@@H]7CN(CCc8c6[nH]c6ccccc86)C[C@](O)(C#CS(=O)(=O)c6ccc([N+](=O)[O-])cc6)C7)c(OC)cc5N(C)[C@H]4[C@@](O)(C(=O)OC)[C@@H]1OC(C)=O)[C@@H]32. The second kappa shape index (κ2) is 16.9. The summed E-state index contributed by atoms with van der Waals surface area (Å²) in [4.78, 5) is 63.5. The number of non-ortho nitro benzene ring substituents is 1. The number of nitro benzene ring substituents is 1. The molecule has 5 aliphatic heterocycles. The quantitative estimate of drug-likeness (QED) is 0.0432. The van der Waals surface area contributed by atoms with Gasteiger partial charge < -0.3 is 39.0 Å². The number of aromatic nitrogens is 1. The molecule has 1 spiro atoms. The fourth-order valence-electron chi connectivity index (χ4n) is 14.2. The zero-order chi connectivity index (χ0) is 50.6. The summed E-state index contributed by atoms with van der Waals surface area (Å²) in [5, 5.41) is 40.4. The number of sulfone groups is 1. The average molecular weight is 992 g/mol. The molecule has 0 radical (unpaired) electrons. The van der Waals surface area contributed by atoms with Crippen LogP contribution < -0.4 is 9.64 Å². The van der Waals surface area contributed by atoms with Gasteiger partial charge in [-0.25, -0.2) is 13.2 Å². The lowest BCUT2D eigenvalue weighted by atomic mass is 9.47. The Morgan fingerprint density at radius 2 is 1.70 bits per heavy atom. The number of aliphatic hydroxyl groups is 2. The van der Waals surface area contributed by atoms with Crippen LogP contribution in [0.4, 0.5) is 11.4 Å². The third kappa shape index (κ3) is 6.88. The molecular weight excluding hydrogens is 935 g/mol. The first-order valence-electron chi connectivity index (χ1n) is 23.8. The molecule has 19 heteroatoms. The third-order valence-corrected chi connectivity index (χ3v) is 17.9. The number of rotatable bonds is 8. The Morgan fingerprint density at radius 3 is 2.38 bits per heavy atom. The lowest BCUT2D eigenvalue weighted by molar-refractivity contribution is -0.384. The lowest BCUT2D eigenvalue weighted by Gasteiger charge is -2.63. The van der Waals surface area contributed by atoms with Gasteiger partial charge in [0, 0.05) is 108 Å². The molecule has 3 N–H and O–H groups in total. The molecule has 3 fully saturated rings. The molecule has 2 bridgehead atoms. The van der Waals surface area contributed by atoms with Crippen LogP contribution >= 0.6 is 0 Å². The lowest BCUT2D eigenvalue weighted by Crippen LogP contribution is -2.81. The van der Waals surface area contributed by atoms with Crippen molar-refractivity contribution in [3.63, 3.8) is 0 Å². The highest BCUT2D eigenvalue weighted by atomic mass is 32.2. The Kier molecular flexibility index (Phi) is 11.5. The van der Waals surface area contributed by atoms with Gasteiger partial charge in [-0.3, -0.25) is 29.5 Å². The minimum absolute atomic E-state index is 0.00341. The maximum absolute atomic E-state index is 15.6. The summed E-state index contributed by atoms with van der Waals surface area (Å²) in [6, 6.07) is 14.5. The van der Waals surface area contributed by atoms with E-state index >= 15 is 4.79 Å². The van der Waals surface area contributed by atoms with Crippen LogP contribution in [-0.2, 0) is 55.7 Å². The number of methoxy groups -OCH3 is 3. The number of benzene rings is 3. The first-order valence-corrected chi connectivity index (χ1v) is 25.3. The van der Waals surface area contributed by atoms with Crippen molar-refractivity contribution in [1.82, 2.24) is 14.8 Å². The molecule has 10 rings (SSSR count). The molecule has 1 unspecified atom stereocenters. The molecule has 2 saturated heterocycles. The Morgan fingerprint density at radius 1 is 0.972 bits per heavy atom. The number of anilines is 1. The Hall–Kier alpha value is -6.30. The Bertz CT molecular complexity index is 3110. The van der Waals surface area contributed by atoms with Gasteiger partial charge in [-0.1, -0.05) is 37.3 Å². The summed E-state index contributed by atoms with van der Waals surface area (Å²) >= 11 is 0. The maximum atomic E-state index is 15.6. The Labute approximate surface area is 410 Å². The van der Waals surface area contributed by atoms with Crippen LogP contribution in [0.2, 0.25) is 0 Å². The molecule has 3 aromatic carbocycles. The van der Waals surface area contributed by atoms with E-state index in [0.29, 0.717) is 68.1 Å². The van der Waals surface area contributed by atoms with Crippen LogP contribution in [0.3, 0.4) is 0 Å². The first kappa shape index (κ1) is 48.3. The molecular formula is C52H57N5O13S. The molecule has 374 valence electrons. The van der Waals surface area contributed by atoms with Crippen LogP contribution in [0.5, 0.6) is 5.75 Å². The van der Waals surface area contributed by atoms with Crippen molar-refractivity contribution in [2.45, 2.75) is 91.1 Å². The molecule has 10 atom stereocenters. The highest BCUT2D eigenvalue weighted by molar-refractivity contribution is 7.96. The van der Waals surface area contributed by atoms with Crippen molar-refractivity contribution in [3.05, 3.63) is 105 Å². The first-order chi connectivity index (χ1) is 33.8. The predicted molar refractivity (Wildman–Crippen MR) is 258 cm³/mol. The number of carbonyl (C=O) groups excluding carboxylic acids is 3. The number of ether oxygens (including phenoxy) is 4. The summed E-state index contributed by atoms with van der Waals surface area (Å²) in [5.74, 6) is 0.220. The molecule has 6 aliphatic rings. The zero-order valence-corrected chi connectivity index (χ0v) is 41.2. The van der Waals surface area contributed by atoms with Crippen LogP contribution in [0.25, 0.3) is 10.9 Å². The Balaban J connectivity index is 1.19. The van der Waals surface area contributed by atoms with E-state index in [2.05, 4.69) is 21.1 Å². The van der Waals surface area contributed by atoms with E-state index in [1.165, 1.54) is 28.3 Å². The maximum Gasteiger partial charge on any atom is 0.344 e. The van der Waals surface area contributed by atoms with Gasteiger partial charge in [0.25, 0.3) is 5.69 Å². The van der Waals surface area contributed by atoms with E-state index in [9.17, 15) is 38.3 Å². The number of nitrogens with one attached hydrogen (secondary N) is 1. The van der Waals surface area contributed by atoms with Crippen LogP contribution in [0.15, 0.2) is 77.7 Å². The largest absolute Gasteiger partial charge is 0.496 e. The number of para-hydroxylation sites is 1. The topological polar surface area (TPSA) is 231 Å².